The number of hydrogen-bond acceptors (Lipinski definition) is 2. The lowest BCUT2D eigenvalue weighted by molar-refractivity contribution is 0.501. The number of nitrogens with zero attached hydrogens (tertiary/aromatic N) is 2. The monoisotopic (exact) mass is 204 g/mol. The highest BCUT2D eigenvalue weighted by molar-refractivity contribution is 5.52. The molecule has 0 aliphatic heterocycles. The van der Waals surface area contributed by atoms with Gasteiger partial charge in [0, 0.05) is 34.8 Å². The zero-order valence-electron chi connectivity index (χ0n) is 8.62. The molecule has 0 radical (unpaired) electrons. The van der Waals surface area contributed by atoms with E-state index in [9.17, 15) is 0 Å². The van der Waals surface area contributed by atoms with Crippen LogP contribution in [-0.2, 0) is 0 Å². The van der Waals surface area contributed by atoms with E-state index in [1.165, 1.54) is 0 Å². The summed E-state index contributed by atoms with van der Waals surface area (Å²) in [6, 6.07) is 3.94. The summed E-state index contributed by atoms with van der Waals surface area (Å²) in [5, 5.41) is 17.3. The second-order valence-corrected chi connectivity index (χ2v) is 3.73. The lowest BCUT2D eigenvalue weighted by Gasteiger charge is -2.30. The molecule has 0 aromatic heterocycles. The summed E-state index contributed by atoms with van der Waals surface area (Å²) in [5.74, 6) is 10.7. The van der Waals surface area contributed by atoms with Crippen molar-refractivity contribution in [3.05, 3.63) is 23.3 Å². The second kappa shape index (κ2) is 4.40. The summed E-state index contributed by atoms with van der Waals surface area (Å²) in [6.45, 7) is 0. The lowest BCUT2D eigenvalue weighted by atomic mass is 9.72. The molecule has 0 saturated heterocycles. The van der Waals surface area contributed by atoms with E-state index in [0.29, 0.717) is 0 Å². The highest BCUT2D eigenvalue weighted by Gasteiger charge is 2.30. The smallest absolute Gasteiger partial charge is 0.153 e. The number of hydrogen-bond donors (Lipinski definition) is 0. The first kappa shape index (κ1) is 10.1. The van der Waals surface area contributed by atoms with Crippen molar-refractivity contribution in [2.24, 2.45) is 11.8 Å². The van der Waals surface area contributed by atoms with Crippen LogP contribution in [0.5, 0.6) is 0 Å². The van der Waals surface area contributed by atoms with E-state index in [2.05, 4.69) is 41.9 Å². The van der Waals surface area contributed by atoms with Crippen molar-refractivity contribution < 1.29 is 0 Å². The number of rotatable bonds is 0. The standard InChI is InChI=1S/C14H8N2/c15-9-3-1-2-4-13-11-5-7-12(8-6-11)14(13)10-16/h5,7,11-12H,6,8H2. The van der Waals surface area contributed by atoms with E-state index in [-0.39, 0.29) is 11.8 Å². The van der Waals surface area contributed by atoms with E-state index >= 15 is 0 Å². The molecule has 2 atom stereocenters. The predicted octanol–water partition coefficient (Wildman–Crippen LogP) is 1.93. The summed E-state index contributed by atoms with van der Waals surface area (Å²) < 4.78 is 0. The molecular formula is C14H8N2. The zero-order chi connectivity index (χ0) is 11.4. The van der Waals surface area contributed by atoms with Crippen molar-refractivity contribution in [3.8, 4) is 35.8 Å². The van der Waals surface area contributed by atoms with E-state index in [4.69, 9.17) is 10.5 Å². The minimum Gasteiger partial charge on any atom is -0.193 e. The van der Waals surface area contributed by atoms with Gasteiger partial charge in [0.2, 0.25) is 0 Å². The van der Waals surface area contributed by atoms with Gasteiger partial charge < -0.3 is 0 Å². The first-order valence-corrected chi connectivity index (χ1v) is 5.09. The molecule has 0 heterocycles. The van der Waals surface area contributed by atoms with Crippen LogP contribution in [0.1, 0.15) is 12.8 Å². The molecule has 2 bridgehead atoms. The van der Waals surface area contributed by atoms with Crippen LogP contribution in [0.2, 0.25) is 0 Å². The minimum absolute atomic E-state index is 0.239. The maximum atomic E-state index is 9.09. The Balaban J connectivity index is 2.35. The molecule has 0 aromatic carbocycles. The summed E-state index contributed by atoms with van der Waals surface area (Å²) in [7, 11) is 0. The Labute approximate surface area is 94.9 Å². The van der Waals surface area contributed by atoms with Gasteiger partial charge >= 0.3 is 0 Å². The third-order valence-electron chi connectivity index (χ3n) is 2.89. The van der Waals surface area contributed by atoms with Gasteiger partial charge in [-0.25, -0.2) is 0 Å². The third kappa shape index (κ3) is 1.70. The fourth-order valence-electron chi connectivity index (χ4n) is 2.16. The Bertz CT molecular complexity index is 571. The molecule has 3 rings (SSSR count). The second-order valence-electron chi connectivity index (χ2n) is 3.73. The van der Waals surface area contributed by atoms with Crippen molar-refractivity contribution >= 4 is 0 Å². The molecule has 2 unspecified atom stereocenters. The highest BCUT2D eigenvalue weighted by Crippen LogP contribution is 2.39. The Morgan fingerprint density at radius 1 is 0.938 bits per heavy atom. The average molecular weight is 204 g/mol. The molecular weight excluding hydrogens is 196 g/mol. The summed E-state index contributed by atoms with van der Waals surface area (Å²) >= 11 is 0. The summed E-state index contributed by atoms with van der Waals surface area (Å²) in [4.78, 5) is 0. The van der Waals surface area contributed by atoms with Gasteiger partial charge in [-0.15, -0.1) is 0 Å². The van der Waals surface area contributed by atoms with Crippen molar-refractivity contribution in [1.29, 1.82) is 10.5 Å². The zero-order valence-corrected chi connectivity index (χ0v) is 8.62. The third-order valence-corrected chi connectivity index (χ3v) is 2.89. The van der Waals surface area contributed by atoms with Crippen LogP contribution < -0.4 is 0 Å². The predicted molar refractivity (Wildman–Crippen MR) is 59.2 cm³/mol. The van der Waals surface area contributed by atoms with Crippen molar-refractivity contribution in [2.75, 3.05) is 0 Å². The quantitative estimate of drug-likeness (QED) is 0.447. The van der Waals surface area contributed by atoms with E-state index in [0.717, 1.165) is 24.0 Å². The van der Waals surface area contributed by atoms with Crippen LogP contribution in [0.4, 0.5) is 0 Å². The van der Waals surface area contributed by atoms with Crippen molar-refractivity contribution in [1.82, 2.24) is 0 Å². The highest BCUT2D eigenvalue weighted by atomic mass is 14.4. The molecule has 74 valence electrons. The summed E-state index contributed by atoms with van der Waals surface area (Å²) in [5.41, 5.74) is 1.68. The Morgan fingerprint density at radius 2 is 1.62 bits per heavy atom. The van der Waals surface area contributed by atoms with Crippen molar-refractivity contribution in [3.63, 3.8) is 0 Å². The van der Waals surface area contributed by atoms with Crippen LogP contribution in [-0.4, -0.2) is 0 Å². The van der Waals surface area contributed by atoms with Gasteiger partial charge in [0.15, 0.2) is 6.07 Å². The molecule has 0 N–H and O–H groups in total. The van der Waals surface area contributed by atoms with E-state index in [1.54, 1.807) is 6.07 Å². The maximum absolute atomic E-state index is 9.09. The van der Waals surface area contributed by atoms with Gasteiger partial charge in [-0.05, 0) is 18.8 Å². The van der Waals surface area contributed by atoms with Gasteiger partial charge in [0.1, 0.15) is 0 Å². The van der Waals surface area contributed by atoms with Gasteiger partial charge in [0.25, 0.3) is 0 Å². The van der Waals surface area contributed by atoms with Gasteiger partial charge in [0.05, 0.1) is 6.07 Å². The molecule has 2 heteroatoms. The fraction of sp³-hybridized carbons (Fsp3) is 0.286. The molecule has 2 nitrogen and oxygen atoms in total. The Kier molecular flexibility index (Phi) is 2.78. The first-order chi connectivity index (χ1) is 7.86. The molecule has 0 saturated carbocycles. The van der Waals surface area contributed by atoms with Crippen LogP contribution >= 0.6 is 0 Å². The lowest BCUT2D eigenvalue weighted by Crippen LogP contribution is -2.20. The minimum atomic E-state index is 0.239. The van der Waals surface area contributed by atoms with Gasteiger partial charge in [-0.1, -0.05) is 18.1 Å². The average Bonchev–Trinajstić information content (AvgIpc) is 2.35. The molecule has 0 amide bonds. The Hall–Kier alpha value is -2.42. The molecule has 0 spiro atoms. The van der Waals surface area contributed by atoms with Crippen LogP contribution in [0.25, 0.3) is 0 Å². The maximum Gasteiger partial charge on any atom is 0.153 e. The van der Waals surface area contributed by atoms with Crippen molar-refractivity contribution in [2.45, 2.75) is 12.8 Å². The molecule has 3 aliphatic rings. The molecule has 3 aliphatic carbocycles. The first-order valence-electron chi connectivity index (χ1n) is 5.09. The molecule has 0 aromatic rings. The normalized spacial score (nSPS) is 24.6. The van der Waals surface area contributed by atoms with Crippen LogP contribution in [0.3, 0.4) is 0 Å². The SMILES string of the molecule is N#CC#CC#CC1=C(C#N)C2C=CC1CC2. The largest absolute Gasteiger partial charge is 0.193 e. The van der Waals surface area contributed by atoms with Crippen LogP contribution in [0, 0.1) is 58.2 Å². The number of fused-ring (bicyclic) bond motifs is 1. The number of nitriles is 2. The topological polar surface area (TPSA) is 47.6 Å². The molecule has 0 fully saturated rings. The number of allylic oxidation sites excluding steroid dienone is 4. The summed E-state index contributed by atoms with van der Waals surface area (Å²) in [6.07, 6.45) is 6.32. The van der Waals surface area contributed by atoms with Gasteiger partial charge in [-0.3, -0.25) is 0 Å². The van der Waals surface area contributed by atoms with Gasteiger partial charge in [-0.2, -0.15) is 10.5 Å². The van der Waals surface area contributed by atoms with Crippen LogP contribution in [0.15, 0.2) is 23.3 Å². The van der Waals surface area contributed by atoms with E-state index < -0.39 is 0 Å². The van der Waals surface area contributed by atoms with E-state index in [1.807, 2.05) is 0 Å². The fourth-order valence-corrected chi connectivity index (χ4v) is 2.16. The Morgan fingerprint density at radius 3 is 2.19 bits per heavy atom. The molecule has 16 heavy (non-hydrogen) atoms.